The first kappa shape index (κ1) is 22.0. The molecule has 0 spiro atoms. The number of amides is 2. The Morgan fingerprint density at radius 2 is 2.04 bits per heavy atom. The average molecular weight is 410 g/mol. The number of benzene rings is 1. The molecule has 28 heavy (non-hydrogen) atoms. The molecule has 2 rings (SSSR count). The highest BCUT2D eigenvalue weighted by atomic mass is 19.4. The molecule has 1 aromatic carbocycles. The number of rotatable bonds is 7. The highest BCUT2D eigenvalue weighted by molar-refractivity contribution is 5.97. The maximum Gasteiger partial charge on any atom is 0.418 e. The second-order valence-electron chi connectivity index (χ2n) is 5.90. The quantitative estimate of drug-likeness (QED) is 0.587. The average Bonchev–Trinajstić information content (AvgIpc) is 2.62. The Bertz CT molecular complexity index is 714. The molecule has 12 heteroatoms. The smallest absolute Gasteiger partial charge is 0.370 e. The van der Waals surface area contributed by atoms with Crippen LogP contribution in [-0.4, -0.2) is 57.1 Å². The van der Waals surface area contributed by atoms with Gasteiger partial charge in [-0.3, -0.25) is 14.9 Å². The van der Waals surface area contributed by atoms with E-state index in [1.54, 1.807) is 0 Å². The third-order valence-corrected chi connectivity index (χ3v) is 3.93. The topological polar surface area (TPSA) is 96.7 Å². The zero-order valence-corrected chi connectivity index (χ0v) is 14.6. The molecule has 0 aromatic heterocycles. The molecule has 7 nitrogen and oxygen atoms in total. The summed E-state index contributed by atoms with van der Waals surface area (Å²) < 4.78 is 69.9. The number of carbonyl (C=O) groups excluding carboxylic acids is 2. The number of hydrogen-bond donors (Lipinski definition) is 3. The second kappa shape index (κ2) is 9.26. The van der Waals surface area contributed by atoms with Gasteiger partial charge in [0.15, 0.2) is 0 Å². The predicted octanol–water partition coefficient (Wildman–Crippen LogP) is 1.19. The maximum atomic E-state index is 13.5. The summed E-state index contributed by atoms with van der Waals surface area (Å²) in [4.78, 5) is 25.1. The van der Waals surface area contributed by atoms with Gasteiger partial charge in [-0.1, -0.05) is 0 Å². The Labute approximate surface area is 157 Å². The summed E-state index contributed by atoms with van der Waals surface area (Å²) in [6, 6.07) is 1.69. The summed E-state index contributed by atoms with van der Waals surface area (Å²) in [6.45, 7) is -1.19. The highest BCUT2D eigenvalue weighted by Crippen LogP contribution is 2.37. The number of nitrogens with two attached hydrogens (primary N) is 1. The summed E-state index contributed by atoms with van der Waals surface area (Å²) >= 11 is 0. The Balaban J connectivity index is 2.25. The number of ether oxygens (including phenoxy) is 1. The summed E-state index contributed by atoms with van der Waals surface area (Å²) in [6.07, 6.45) is -7.58. The standard InChI is InChI=1S/C16H19F5N4O3/c17-13(18)7-23-12(6-22)15(27)24-11-2-1-9(5-10(11)16(19,20)21)25-3-4-28-8-14(25)26/h1-2,5,12-13,23H,3-4,6-8,22H2,(H,24,27)/t12-/m0/s1. The monoisotopic (exact) mass is 410 g/mol. The number of carbonyl (C=O) groups is 2. The lowest BCUT2D eigenvalue weighted by Gasteiger charge is -2.28. The molecule has 1 saturated heterocycles. The first-order valence-corrected chi connectivity index (χ1v) is 8.25. The SMILES string of the molecule is NC[C@H](NCC(F)F)C(=O)Nc1ccc(N2CCOCC2=O)cc1C(F)(F)F. The van der Waals surface area contributed by atoms with Crippen LogP contribution in [-0.2, 0) is 20.5 Å². The lowest BCUT2D eigenvalue weighted by Crippen LogP contribution is -2.47. The van der Waals surface area contributed by atoms with Crippen molar-refractivity contribution in [1.29, 1.82) is 0 Å². The summed E-state index contributed by atoms with van der Waals surface area (Å²) in [7, 11) is 0. The fraction of sp³-hybridized carbons (Fsp3) is 0.500. The first-order valence-electron chi connectivity index (χ1n) is 8.25. The van der Waals surface area contributed by atoms with Crippen molar-refractivity contribution in [3.05, 3.63) is 23.8 Å². The molecule has 4 N–H and O–H groups in total. The van der Waals surface area contributed by atoms with Crippen molar-refractivity contribution in [2.45, 2.75) is 18.6 Å². The van der Waals surface area contributed by atoms with Crippen molar-refractivity contribution >= 4 is 23.2 Å². The van der Waals surface area contributed by atoms with Crippen LogP contribution in [0.15, 0.2) is 18.2 Å². The number of nitrogens with zero attached hydrogens (tertiary/aromatic N) is 1. The second-order valence-corrected chi connectivity index (χ2v) is 5.90. The molecule has 0 radical (unpaired) electrons. The molecular formula is C16H19F5N4O3. The molecule has 1 aromatic rings. The van der Waals surface area contributed by atoms with Gasteiger partial charge in [-0.15, -0.1) is 0 Å². The number of morpholine rings is 1. The van der Waals surface area contributed by atoms with Gasteiger partial charge < -0.3 is 20.7 Å². The fourth-order valence-corrected chi connectivity index (χ4v) is 2.57. The van der Waals surface area contributed by atoms with Gasteiger partial charge in [0.25, 0.3) is 12.3 Å². The molecule has 0 unspecified atom stereocenters. The van der Waals surface area contributed by atoms with E-state index in [4.69, 9.17) is 10.5 Å². The van der Waals surface area contributed by atoms with E-state index in [1.807, 2.05) is 0 Å². The number of halogens is 5. The van der Waals surface area contributed by atoms with E-state index < -0.39 is 48.3 Å². The summed E-state index contributed by atoms with van der Waals surface area (Å²) in [5.41, 5.74) is 3.58. The Morgan fingerprint density at radius 3 is 2.61 bits per heavy atom. The number of hydrogen-bond acceptors (Lipinski definition) is 5. The largest absolute Gasteiger partial charge is 0.418 e. The van der Waals surface area contributed by atoms with Crippen LogP contribution in [0.3, 0.4) is 0 Å². The van der Waals surface area contributed by atoms with Crippen LogP contribution in [0.2, 0.25) is 0 Å². The zero-order valence-electron chi connectivity index (χ0n) is 14.6. The minimum absolute atomic E-state index is 0.00447. The van der Waals surface area contributed by atoms with Gasteiger partial charge in [0, 0.05) is 18.8 Å². The van der Waals surface area contributed by atoms with Crippen LogP contribution in [0.4, 0.5) is 33.3 Å². The lowest BCUT2D eigenvalue weighted by molar-refractivity contribution is -0.137. The minimum atomic E-state index is -4.83. The van der Waals surface area contributed by atoms with Crippen molar-refractivity contribution in [1.82, 2.24) is 5.32 Å². The number of alkyl halides is 5. The third-order valence-electron chi connectivity index (χ3n) is 3.93. The Hall–Kier alpha value is -2.31. The molecule has 1 fully saturated rings. The van der Waals surface area contributed by atoms with Gasteiger partial charge >= 0.3 is 6.18 Å². The normalized spacial score (nSPS) is 16.4. The molecule has 0 saturated carbocycles. The molecule has 2 amide bonds. The van der Waals surface area contributed by atoms with Gasteiger partial charge in [0.05, 0.1) is 30.4 Å². The van der Waals surface area contributed by atoms with E-state index in [9.17, 15) is 31.5 Å². The summed E-state index contributed by atoms with van der Waals surface area (Å²) in [5, 5.41) is 4.24. The van der Waals surface area contributed by atoms with E-state index in [-0.39, 0.29) is 32.0 Å². The van der Waals surface area contributed by atoms with Gasteiger partial charge in [0.1, 0.15) is 6.61 Å². The van der Waals surface area contributed by atoms with Crippen molar-refractivity contribution in [3.63, 3.8) is 0 Å². The van der Waals surface area contributed by atoms with E-state index in [0.29, 0.717) is 0 Å². The Morgan fingerprint density at radius 1 is 1.32 bits per heavy atom. The molecule has 1 atom stereocenters. The van der Waals surface area contributed by atoms with E-state index >= 15 is 0 Å². The van der Waals surface area contributed by atoms with E-state index in [1.165, 1.54) is 6.07 Å². The number of nitrogens with one attached hydrogen (secondary N) is 2. The van der Waals surface area contributed by atoms with Gasteiger partial charge in [-0.2, -0.15) is 13.2 Å². The van der Waals surface area contributed by atoms with E-state index in [0.717, 1.165) is 17.0 Å². The van der Waals surface area contributed by atoms with Gasteiger partial charge in [0.2, 0.25) is 5.91 Å². The lowest BCUT2D eigenvalue weighted by atomic mass is 10.1. The van der Waals surface area contributed by atoms with Crippen molar-refractivity contribution in [2.24, 2.45) is 5.73 Å². The van der Waals surface area contributed by atoms with Crippen LogP contribution in [0, 0.1) is 0 Å². The fourth-order valence-electron chi connectivity index (χ4n) is 2.57. The molecule has 1 aliphatic rings. The zero-order chi connectivity index (χ0) is 20.9. The molecule has 1 aliphatic heterocycles. The van der Waals surface area contributed by atoms with Crippen LogP contribution in [0.5, 0.6) is 0 Å². The van der Waals surface area contributed by atoms with Gasteiger partial charge in [-0.05, 0) is 18.2 Å². The van der Waals surface area contributed by atoms with Crippen molar-refractivity contribution in [2.75, 3.05) is 43.1 Å². The third kappa shape index (κ3) is 5.59. The summed E-state index contributed by atoms with van der Waals surface area (Å²) in [5.74, 6) is -1.47. The molecular weight excluding hydrogens is 391 g/mol. The first-order chi connectivity index (χ1) is 13.1. The van der Waals surface area contributed by atoms with E-state index in [2.05, 4.69) is 10.6 Å². The minimum Gasteiger partial charge on any atom is -0.370 e. The highest BCUT2D eigenvalue weighted by Gasteiger charge is 2.36. The van der Waals surface area contributed by atoms with Crippen molar-refractivity contribution < 1.29 is 36.3 Å². The molecule has 0 bridgehead atoms. The molecule has 0 aliphatic carbocycles. The van der Waals surface area contributed by atoms with Crippen LogP contribution in [0.25, 0.3) is 0 Å². The Kier molecular flexibility index (Phi) is 7.27. The van der Waals surface area contributed by atoms with Crippen LogP contribution in [0.1, 0.15) is 5.56 Å². The van der Waals surface area contributed by atoms with Crippen LogP contribution >= 0.6 is 0 Å². The maximum absolute atomic E-state index is 13.5. The molecule has 1 heterocycles. The van der Waals surface area contributed by atoms with Gasteiger partial charge in [-0.25, -0.2) is 8.78 Å². The molecule has 156 valence electrons. The van der Waals surface area contributed by atoms with Crippen molar-refractivity contribution in [3.8, 4) is 0 Å². The van der Waals surface area contributed by atoms with Crippen LogP contribution < -0.4 is 21.3 Å². The number of anilines is 2. The predicted molar refractivity (Wildman–Crippen MR) is 90.1 cm³/mol.